The van der Waals surface area contributed by atoms with Gasteiger partial charge in [-0.25, -0.2) is 9.97 Å². The maximum Gasteiger partial charge on any atom is 0.134 e. The molecule has 0 bridgehead atoms. The number of benzene rings is 2. The highest BCUT2D eigenvalue weighted by Gasteiger charge is 2.08. The van der Waals surface area contributed by atoms with Crippen LogP contribution in [0.15, 0.2) is 78.7 Å². The first-order chi connectivity index (χ1) is 12.9. The van der Waals surface area contributed by atoms with E-state index in [0.29, 0.717) is 0 Å². The molecule has 0 saturated heterocycles. The summed E-state index contributed by atoms with van der Waals surface area (Å²) in [5.74, 6) is 0.771. The van der Waals surface area contributed by atoms with E-state index in [9.17, 15) is 0 Å². The summed E-state index contributed by atoms with van der Waals surface area (Å²) in [6.07, 6.45) is 5.27. The Bertz CT molecular complexity index is 1220. The van der Waals surface area contributed by atoms with Gasteiger partial charge in [-0.2, -0.15) is 0 Å². The molecule has 0 spiro atoms. The van der Waals surface area contributed by atoms with E-state index in [1.807, 2.05) is 30.5 Å². The zero-order valence-electron chi connectivity index (χ0n) is 13.8. The SMILES string of the molecule is c1cc(Nc2cc(-c3cccc4ccsc34)ncn2)c2ccncc2c1. The van der Waals surface area contributed by atoms with Gasteiger partial charge in [0.2, 0.25) is 0 Å². The lowest BCUT2D eigenvalue weighted by molar-refractivity contribution is 1.17. The quantitative estimate of drug-likeness (QED) is 0.455. The van der Waals surface area contributed by atoms with Crippen LogP contribution in [-0.4, -0.2) is 15.0 Å². The lowest BCUT2D eigenvalue weighted by Gasteiger charge is -2.10. The molecule has 5 heteroatoms. The summed E-state index contributed by atoms with van der Waals surface area (Å²) in [5, 5.41) is 8.98. The van der Waals surface area contributed by atoms with Gasteiger partial charge in [-0.3, -0.25) is 4.98 Å². The third-order valence-electron chi connectivity index (χ3n) is 4.37. The number of rotatable bonds is 3. The highest BCUT2D eigenvalue weighted by atomic mass is 32.1. The first-order valence-electron chi connectivity index (χ1n) is 8.27. The fourth-order valence-electron chi connectivity index (χ4n) is 3.14. The summed E-state index contributed by atoms with van der Waals surface area (Å²) in [7, 11) is 0. The van der Waals surface area contributed by atoms with E-state index >= 15 is 0 Å². The summed E-state index contributed by atoms with van der Waals surface area (Å²) in [6, 6.07) is 18.5. The van der Waals surface area contributed by atoms with E-state index in [0.717, 1.165) is 33.5 Å². The van der Waals surface area contributed by atoms with Gasteiger partial charge in [0.25, 0.3) is 0 Å². The number of fused-ring (bicyclic) bond motifs is 2. The van der Waals surface area contributed by atoms with Crippen LogP contribution in [0.4, 0.5) is 11.5 Å². The molecule has 0 fully saturated rings. The summed E-state index contributed by atoms with van der Waals surface area (Å²) >= 11 is 1.73. The third-order valence-corrected chi connectivity index (χ3v) is 5.33. The van der Waals surface area contributed by atoms with Crippen molar-refractivity contribution in [2.75, 3.05) is 5.32 Å². The number of nitrogens with one attached hydrogen (secondary N) is 1. The number of anilines is 2. The van der Waals surface area contributed by atoms with Gasteiger partial charge in [0.05, 0.1) is 5.69 Å². The minimum absolute atomic E-state index is 0.771. The Morgan fingerprint density at radius 3 is 2.81 bits per heavy atom. The van der Waals surface area contributed by atoms with Crippen molar-refractivity contribution >= 4 is 43.7 Å². The van der Waals surface area contributed by atoms with Gasteiger partial charge in [-0.1, -0.05) is 30.3 Å². The highest BCUT2D eigenvalue weighted by molar-refractivity contribution is 7.17. The molecule has 0 saturated carbocycles. The number of pyridine rings is 1. The normalized spacial score (nSPS) is 11.1. The Morgan fingerprint density at radius 1 is 0.885 bits per heavy atom. The van der Waals surface area contributed by atoms with Crippen molar-refractivity contribution in [2.45, 2.75) is 0 Å². The second kappa shape index (κ2) is 6.20. The predicted octanol–water partition coefficient (Wildman–Crippen LogP) is 5.65. The monoisotopic (exact) mass is 354 g/mol. The smallest absolute Gasteiger partial charge is 0.134 e. The van der Waals surface area contributed by atoms with Crippen LogP contribution < -0.4 is 5.32 Å². The summed E-state index contributed by atoms with van der Waals surface area (Å²) < 4.78 is 1.24. The van der Waals surface area contributed by atoms with Crippen LogP contribution >= 0.6 is 11.3 Å². The molecule has 0 amide bonds. The minimum atomic E-state index is 0.771. The molecule has 0 aliphatic heterocycles. The predicted molar refractivity (Wildman–Crippen MR) is 108 cm³/mol. The molecule has 1 N–H and O–H groups in total. The van der Waals surface area contributed by atoms with Crippen LogP contribution in [0.5, 0.6) is 0 Å². The van der Waals surface area contributed by atoms with Crippen molar-refractivity contribution < 1.29 is 0 Å². The largest absolute Gasteiger partial charge is 0.340 e. The summed E-state index contributed by atoms with van der Waals surface area (Å²) in [4.78, 5) is 13.1. The third kappa shape index (κ3) is 2.59. The van der Waals surface area contributed by atoms with Crippen molar-refractivity contribution in [3.8, 4) is 11.3 Å². The van der Waals surface area contributed by atoms with E-state index in [1.54, 1.807) is 23.9 Å². The first kappa shape index (κ1) is 15.0. The Morgan fingerprint density at radius 2 is 1.81 bits per heavy atom. The van der Waals surface area contributed by atoms with E-state index in [1.165, 1.54) is 10.1 Å². The zero-order valence-corrected chi connectivity index (χ0v) is 14.6. The number of thiophene rings is 1. The van der Waals surface area contributed by atoms with Crippen molar-refractivity contribution in [2.24, 2.45) is 0 Å². The van der Waals surface area contributed by atoms with E-state index < -0.39 is 0 Å². The lowest BCUT2D eigenvalue weighted by Crippen LogP contribution is -1.96. The van der Waals surface area contributed by atoms with E-state index in [2.05, 4.69) is 56.0 Å². The van der Waals surface area contributed by atoms with Gasteiger partial charge in [0.1, 0.15) is 12.1 Å². The average Bonchev–Trinajstić information content (AvgIpc) is 3.17. The van der Waals surface area contributed by atoms with E-state index in [4.69, 9.17) is 0 Å². The average molecular weight is 354 g/mol. The van der Waals surface area contributed by atoms with Crippen molar-refractivity contribution in [1.29, 1.82) is 0 Å². The van der Waals surface area contributed by atoms with Gasteiger partial charge < -0.3 is 5.32 Å². The van der Waals surface area contributed by atoms with Crippen LogP contribution in [0.1, 0.15) is 0 Å². The highest BCUT2D eigenvalue weighted by Crippen LogP contribution is 2.32. The molecule has 0 unspecified atom stereocenters. The maximum absolute atomic E-state index is 4.49. The molecule has 0 aliphatic carbocycles. The van der Waals surface area contributed by atoms with Gasteiger partial charge >= 0.3 is 0 Å². The van der Waals surface area contributed by atoms with Crippen LogP contribution in [0, 0.1) is 0 Å². The molecule has 0 radical (unpaired) electrons. The van der Waals surface area contributed by atoms with Crippen molar-refractivity contribution in [3.63, 3.8) is 0 Å². The molecule has 124 valence electrons. The Hall–Kier alpha value is -3.31. The molecule has 2 aromatic carbocycles. The Kier molecular flexibility index (Phi) is 3.57. The van der Waals surface area contributed by atoms with Gasteiger partial charge in [-0.05, 0) is 29.0 Å². The molecule has 0 atom stereocenters. The topological polar surface area (TPSA) is 50.7 Å². The minimum Gasteiger partial charge on any atom is -0.340 e. The second-order valence-corrected chi connectivity index (χ2v) is 6.88. The van der Waals surface area contributed by atoms with Crippen LogP contribution in [-0.2, 0) is 0 Å². The van der Waals surface area contributed by atoms with Gasteiger partial charge in [0.15, 0.2) is 0 Å². The van der Waals surface area contributed by atoms with Crippen molar-refractivity contribution in [3.05, 3.63) is 78.7 Å². The molecule has 4 nitrogen and oxygen atoms in total. The fraction of sp³-hybridized carbons (Fsp3) is 0. The maximum atomic E-state index is 4.49. The van der Waals surface area contributed by atoms with Gasteiger partial charge in [0, 0.05) is 45.2 Å². The number of aromatic nitrogens is 3. The first-order valence-corrected chi connectivity index (χ1v) is 9.15. The number of nitrogens with zero attached hydrogens (tertiary/aromatic N) is 3. The van der Waals surface area contributed by atoms with Crippen LogP contribution in [0.3, 0.4) is 0 Å². The second-order valence-electron chi connectivity index (χ2n) is 5.96. The molecule has 0 aliphatic rings. The lowest BCUT2D eigenvalue weighted by atomic mass is 10.1. The molecule has 3 aromatic heterocycles. The standard InChI is InChI=1S/C21H14N4S/c1-3-14-8-10-26-21(14)17(5-1)19-11-20(24-13-23-19)25-18-6-2-4-15-12-22-9-7-16(15)18/h1-13H,(H,23,24,25). The number of hydrogen-bond acceptors (Lipinski definition) is 5. The number of hydrogen-bond donors (Lipinski definition) is 1. The van der Waals surface area contributed by atoms with Crippen LogP contribution in [0.2, 0.25) is 0 Å². The fourth-order valence-corrected chi connectivity index (χ4v) is 4.06. The molecule has 3 heterocycles. The Balaban J connectivity index is 1.57. The van der Waals surface area contributed by atoms with Crippen molar-refractivity contribution in [1.82, 2.24) is 15.0 Å². The Labute approximate surface area is 154 Å². The molecule has 5 aromatic rings. The molecular formula is C21H14N4S. The summed E-state index contributed by atoms with van der Waals surface area (Å²) in [5.41, 5.74) is 3.05. The molecular weight excluding hydrogens is 340 g/mol. The van der Waals surface area contributed by atoms with E-state index in [-0.39, 0.29) is 0 Å². The van der Waals surface area contributed by atoms with Gasteiger partial charge in [-0.15, -0.1) is 11.3 Å². The molecule has 5 rings (SSSR count). The summed E-state index contributed by atoms with van der Waals surface area (Å²) in [6.45, 7) is 0. The molecule has 26 heavy (non-hydrogen) atoms. The zero-order chi connectivity index (χ0) is 17.3. The van der Waals surface area contributed by atoms with Crippen LogP contribution in [0.25, 0.3) is 32.1 Å².